The van der Waals surface area contributed by atoms with Crippen LogP contribution >= 0.6 is 11.6 Å². The standard InChI is InChI=1S/C24H31ClN6O2/c1-15-8-17-10-26-23(29-21-11-27-31(22(21)25)14-24(2,3)32)28-20(17)9-19(15)16-4-6-30(7-5-16)18-12-33-13-18/h8-11,16,18,32H,4-7,12-14H2,1-3H3,(H,26,28,29). The van der Waals surface area contributed by atoms with Crippen molar-refractivity contribution in [1.29, 1.82) is 0 Å². The number of hydrogen-bond donors (Lipinski definition) is 2. The fourth-order valence-electron chi connectivity index (χ4n) is 4.77. The molecule has 2 aliphatic heterocycles. The van der Waals surface area contributed by atoms with E-state index in [-0.39, 0.29) is 0 Å². The summed E-state index contributed by atoms with van der Waals surface area (Å²) in [6.07, 6.45) is 5.79. The van der Waals surface area contributed by atoms with Crippen LogP contribution in [0.3, 0.4) is 0 Å². The molecule has 0 bridgehead atoms. The largest absolute Gasteiger partial charge is 0.389 e. The van der Waals surface area contributed by atoms with Gasteiger partial charge in [0, 0.05) is 11.6 Å². The Kier molecular flexibility index (Phi) is 6.03. The van der Waals surface area contributed by atoms with Crippen LogP contribution < -0.4 is 5.32 Å². The van der Waals surface area contributed by atoms with Crippen LogP contribution in [-0.4, -0.2) is 67.7 Å². The second kappa shape index (κ2) is 8.83. The molecule has 1 aromatic carbocycles. The summed E-state index contributed by atoms with van der Waals surface area (Å²) < 4.78 is 6.93. The fourth-order valence-corrected chi connectivity index (χ4v) is 4.97. The fraction of sp³-hybridized carbons (Fsp3) is 0.542. The molecule has 5 rings (SSSR count). The van der Waals surface area contributed by atoms with Gasteiger partial charge in [0.05, 0.1) is 48.8 Å². The molecule has 2 N–H and O–H groups in total. The predicted molar refractivity (Wildman–Crippen MR) is 129 cm³/mol. The van der Waals surface area contributed by atoms with Crippen molar-refractivity contribution >= 4 is 34.1 Å². The summed E-state index contributed by atoms with van der Waals surface area (Å²) in [6, 6.07) is 5.03. The minimum absolute atomic E-state index is 0.293. The maximum atomic E-state index is 10.1. The number of benzene rings is 1. The Bertz CT molecular complexity index is 1150. The van der Waals surface area contributed by atoms with E-state index in [2.05, 4.69) is 39.4 Å². The molecular weight excluding hydrogens is 440 g/mol. The molecule has 2 fully saturated rings. The zero-order chi connectivity index (χ0) is 23.2. The summed E-state index contributed by atoms with van der Waals surface area (Å²) >= 11 is 6.45. The third-order valence-corrected chi connectivity index (χ3v) is 7.03. The van der Waals surface area contributed by atoms with Gasteiger partial charge in [-0.3, -0.25) is 4.90 Å². The van der Waals surface area contributed by atoms with Gasteiger partial charge in [0.2, 0.25) is 5.95 Å². The van der Waals surface area contributed by atoms with E-state index in [0.717, 1.165) is 50.0 Å². The van der Waals surface area contributed by atoms with Gasteiger partial charge in [0.1, 0.15) is 0 Å². The number of nitrogens with one attached hydrogen (secondary N) is 1. The van der Waals surface area contributed by atoms with E-state index in [9.17, 15) is 5.11 Å². The van der Waals surface area contributed by atoms with Crippen LogP contribution in [0.2, 0.25) is 5.15 Å². The van der Waals surface area contributed by atoms with Crippen LogP contribution in [0.4, 0.5) is 11.6 Å². The number of ether oxygens (including phenoxy) is 1. The summed E-state index contributed by atoms with van der Waals surface area (Å²) in [5, 5.41) is 18.9. The molecule has 176 valence electrons. The van der Waals surface area contributed by atoms with Gasteiger partial charge in [-0.2, -0.15) is 5.10 Å². The Balaban J connectivity index is 1.34. The molecular formula is C24H31ClN6O2. The Morgan fingerprint density at radius 1 is 1.21 bits per heavy atom. The third kappa shape index (κ3) is 4.84. The zero-order valence-corrected chi connectivity index (χ0v) is 20.1. The second-order valence-corrected chi connectivity index (χ2v) is 10.3. The number of aliphatic hydroxyl groups is 1. The highest BCUT2D eigenvalue weighted by Gasteiger charge is 2.30. The molecule has 0 aliphatic carbocycles. The quantitative estimate of drug-likeness (QED) is 0.565. The molecule has 2 aromatic heterocycles. The number of fused-ring (bicyclic) bond motifs is 1. The lowest BCUT2D eigenvalue weighted by Gasteiger charge is -2.41. The maximum absolute atomic E-state index is 10.1. The lowest BCUT2D eigenvalue weighted by Crippen LogP contribution is -2.51. The lowest BCUT2D eigenvalue weighted by atomic mass is 9.85. The summed E-state index contributed by atoms with van der Waals surface area (Å²) in [4.78, 5) is 11.8. The van der Waals surface area contributed by atoms with Crippen molar-refractivity contribution in [3.8, 4) is 0 Å². The number of nitrogens with zero attached hydrogens (tertiary/aromatic N) is 5. The minimum atomic E-state index is -0.914. The first-order valence-corrected chi connectivity index (χ1v) is 11.9. The van der Waals surface area contributed by atoms with Crippen LogP contribution in [0.25, 0.3) is 10.9 Å². The molecule has 33 heavy (non-hydrogen) atoms. The Morgan fingerprint density at radius 2 is 1.97 bits per heavy atom. The Morgan fingerprint density at radius 3 is 2.64 bits per heavy atom. The molecule has 0 atom stereocenters. The van der Waals surface area contributed by atoms with E-state index >= 15 is 0 Å². The first-order valence-electron chi connectivity index (χ1n) is 11.6. The normalized spacial score (nSPS) is 18.6. The van der Waals surface area contributed by atoms with Crippen molar-refractivity contribution in [3.05, 3.63) is 40.8 Å². The smallest absolute Gasteiger partial charge is 0.227 e. The molecule has 3 aromatic rings. The molecule has 0 radical (unpaired) electrons. The van der Waals surface area contributed by atoms with Gasteiger partial charge in [-0.15, -0.1) is 0 Å². The van der Waals surface area contributed by atoms with Crippen LogP contribution in [0.5, 0.6) is 0 Å². The van der Waals surface area contributed by atoms with Gasteiger partial charge in [-0.05, 0) is 75.9 Å². The number of piperidine rings is 1. The van der Waals surface area contributed by atoms with Gasteiger partial charge in [0.15, 0.2) is 5.15 Å². The number of hydrogen-bond acceptors (Lipinski definition) is 7. The third-order valence-electron chi connectivity index (χ3n) is 6.63. The SMILES string of the molecule is Cc1cc2cnc(Nc3cnn(CC(C)(C)O)c3Cl)nc2cc1C1CCN(C2COC2)CC1. The number of anilines is 2. The molecule has 0 unspecified atom stereocenters. The highest BCUT2D eigenvalue weighted by atomic mass is 35.5. The number of aryl methyl sites for hydroxylation is 1. The van der Waals surface area contributed by atoms with E-state index in [1.807, 2.05) is 6.20 Å². The molecule has 9 heteroatoms. The number of aromatic nitrogens is 4. The number of likely N-dealkylation sites (tertiary alicyclic amines) is 1. The van der Waals surface area contributed by atoms with Crippen molar-refractivity contribution in [1.82, 2.24) is 24.6 Å². The maximum Gasteiger partial charge on any atom is 0.227 e. The van der Waals surface area contributed by atoms with E-state index in [0.29, 0.717) is 35.3 Å². The van der Waals surface area contributed by atoms with Crippen LogP contribution in [0.1, 0.15) is 43.7 Å². The van der Waals surface area contributed by atoms with Crippen LogP contribution in [0, 0.1) is 6.92 Å². The average molecular weight is 471 g/mol. The van der Waals surface area contributed by atoms with Gasteiger partial charge in [0.25, 0.3) is 0 Å². The number of rotatable bonds is 6. The summed E-state index contributed by atoms with van der Waals surface area (Å²) in [7, 11) is 0. The van der Waals surface area contributed by atoms with E-state index < -0.39 is 5.60 Å². The van der Waals surface area contributed by atoms with Crippen LogP contribution in [0.15, 0.2) is 24.5 Å². The molecule has 2 aliphatic rings. The molecule has 0 saturated carbocycles. The molecule has 4 heterocycles. The van der Waals surface area contributed by atoms with Gasteiger partial charge in [-0.25, -0.2) is 14.6 Å². The Hall–Kier alpha value is -2.26. The summed E-state index contributed by atoms with van der Waals surface area (Å²) in [6.45, 7) is 9.93. The van der Waals surface area contributed by atoms with Crippen LogP contribution in [-0.2, 0) is 11.3 Å². The van der Waals surface area contributed by atoms with Crippen molar-refractivity contribution in [2.75, 3.05) is 31.6 Å². The monoisotopic (exact) mass is 470 g/mol. The van der Waals surface area contributed by atoms with Crippen molar-refractivity contribution in [3.63, 3.8) is 0 Å². The second-order valence-electron chi connectivity index (χ2n) is 9.91. The van der Waals surface area contributed by atoms with E-state index in [1.165, 1.54) is 11.1 Å². The van der Waals surface area contributed by atoms with E-state index in [1.54, 1.807) is 24.7 Å². The van der Waals surface area contributed by atoms with Gasteiger partial charge in [-0.1, -0.05) is 11.6 Å². The first kappa shape index (κ1) is 22.5. The molecule has 0 amide bonds. The van der Waals surface area contributed by atoms with Crippen molar-refractivity contribution in [2.45, 2.75) is 57.7 Å². The van der Waals surface area contributed by atoms with E-state index in [4.69, 9.17) is 21.3 Å². The molecule has 2 saturated heterocycles. The molecule has 0 spiro atoms. The summed E-state index contributed by atoms with van der Waals surface area (Å²) in [5.41, 5.74) is 3.30. The topological polar surface area (TPSA) is 88.3 Å². The van der Waals surface area contributed by atoms with Crippen molar-refractivity contribution < 1.29 is 9.84 Å². The summed E-state index contributed by atoms with van der Waals surface area (Å²) in [5.74, 6) is 1.02. The Labute approximate surface area is 198 Å². The highest BCUT2D eigenvalue weighted by Crippen LogP contribution is 2.34. The lowest BCUT2D eigenvalue weighted by molar-refractivity contribution is -0.0712. The highest BCUT2D eigenvalue weighted by molar-refractivity contribution is 6.32. The van der Waals surface area contributed by atoms with Gasteiger partial charge < -0.3 is 15.2 Å². The predicted octanol–water partition coefficient (Wildman–Crippen LogP) is 3.88. The van der Waals surface area contributed by atoms with Crippen molar-refractivity contribution in [2.24, 2.45) is 0 Å². The molecule has 8 nitrogen and oxygen atoms in total. The minimum Gasteiger partial charge on any atom is -0.389 e. The number of halogens is 1. The van der Waals surface area contributed by atoms with Gasteiger partial charge >= 0.3 is 0 Å². The zero-order valence-electron chi connectivity index (χ0n) is 19.4. The first-order chi connectivity index (χ1) is 15.8. The average Bonchev–Trinajstić information content (AvgIpc) is 3.05.